The van der Waals surface area contributed by atoms with E-state index in [9.17, 15) is 8.42 Å². The lowest BCUT2D eigenvalue weighted by atomic mass is 10.1. The van der Waals surface area contributed by atoms with Crippen LogP contribution in [-0.2, 0) is 22.9 Å². The zero-order valence-corrected chi connectivity index (χ0v) is 15.7. The molecule has 1 saturated heterocycles. The Balaban J connectivity index is 1.54. The Morgan fingerprint density at radius 1 is 1.00 bits per heavy atom. The fourth-order valence-corrected chi connectivity index (χ4v) is 5.81. The van der Waals surface area contributed by atoms with E-state index in [0.717, 1.165) is 37.4 Å². The lowest BCUT2D eigenvalue weighted by Crippen LogP contribution is -2.48. The Morgan fingerprint density at radius 2 is 1.71 bits per heavy atom. The van der Waals surface area contributed by atoms with Crippen molar-refractivity contribution >= 4 is 21.4 Å². The number of benzene rings is 1. The molecule has 1 aromatic heterocycles. The van der Waals surface area contributed by atoms with Gasteiger partial charge in [-0.05, 0) is 30.5 Å². The molecule has 0 radical (unpaired) electrons. The smallest absolute Gasteiger partial charge is 0.252 e. The van der Waals surface area contributed by atoms with Gasteiger partial charge in [-0.1, -0.05) is 37.3 Å². The minimum absolute atomic E-state index is 0.483. The Kier molecular flexibility index (Phi) is 5.71. The lowest BCUT2D eigenvalue weighted by molar-refractivity contribution is 0.190. The van der Waals surface area contributed by atoms with Crippen molar-refractivity contribution in [1.82, 2.24) is 9.21 Å². The van der Waals surface area contributed by atoms with Gasteiger partial charge in [-0.15, -0.1) is 11.3 Å². The number of rotatable bonds is 6. The molecule has 0 aliphatic carbocycles. The maximum Gasteiger partial charge on any atom is 0.252 e. The van der Waals surface area contributed by atoms with Crippen LogP contribution in [-0.4, -0.2) is 50.3 Å². The van der Waals surface area contributed by atoms with E-state index in [0.29, 0.717) is 17.3 Å². The molecular formula is C18H24N2O2S2. The van der Waals surface area contributed by atoms with Gasteiger partial charge in [-0.25, -0.2) is 8.42 Å². The molecule has 1 fully saturated rings. The predicted molar refractivity (Wildman–Crippen MR) is 99.0 cm³/mol. The lowest BCUT2D eigenvalue weighted by Gasteiger charge is -2.33. The highest BCUT2D eigenvalue weighted by Gasteiger charge is 2.29. The van der Waals surface area contributed by atoms with Crippen molar-refractivity contribution in [3.8, 4) is 0 Å². The molecule has 2 aromatic rings. The third-order valence-corrected chi connectivity index (χ3v) is 8.07. The monoisotopic (exact) mass is 364 g/mol. The highest BCUT2D eigenvalue weighted by Crippen LogP contribution is 2.26. The molecule has 1 aliphatic heterocycles. The predicted octanol–water partition coefficient (Wildman–Crippen LogP) is 2.86. The fraction of sp³-hybridized carbons (Fsp3) is 0.444. The van der Waals surface area contributed by atoms with Crippen LogP contribution in [0.5, 0.6) is 0 Å². The zero-order chi connectivity index (χ0) is 17.0. The maximum atomic E-state index is 12.7. The van der Waals surface area contributed by atoms with E-state index in [4.69, 9.17) is 0 Å². The minimum atomic E-state index is -3.32. The number of piperazine rings is 1. The standard InChI is InChI=1S/C18H24N2O2S2/c1-2-17-8-9-18(23-17)24(21,22)20-14-12-19(13-15-20)11-10-16-6-4-3-5-7-16/h3-9H,2,10-15H2,1H3. The highest BCUT2D eigenvalue weighted by atomic mass is 32.2. The molecule has 3 rings (SSSR count). The molecule has 0 spiro atoms. The molecule has 2 heterocycles. The second kappa shape index (κ2) is 7.78. The van der Waals surface area contributed by atoms with Crippen LogP contribution in [0.15, 0.2) is 46.7 Å². The summed E-state index contributed by atoms with van der Waals surface area (Å²) in [5.74, 6) is 0. The summed E-state index contributed by atoms with van der Waals surface area (Å²) < 4.78 is 27.6. The summed E-state index contributed by atoms with van der Waals surface area (Å²) in [6, 6.07) is 14.1. The average Bonchev–Trinajstić information content (AvgIpc) is 3.11. The quantitative estimate of drug-likeness (QED) is 0.791. The minimum Gasteiger partial charge on any atom is -0.300 e. The van der Waals surface area contributed by atoms with Gasteiger partial charge in [0, 0.05) is 37.6 Å². The van der Waals surface area contributed by atoms with Crippen LogP contribution in [0.3, 0.4) is 0 Å². The van der Waals surface area contributed by atoms with E-state index in [1.807, 2.05) is 19.1 Å². The number of aryl methyl sites for hydroxylation is 1. The molecule has 24 heavy (non-hydrogen) atoms. The summed E-state index contributed by atoms with van der Waals surface area (Å²) in [5, 5.41) is 0. The van der Waals surface area contributed by atoms with E-state index >= 15 is 0 Å². The summed E-state index contributed by atoms with van der Waals surface area (Å²) in [4.78, 5) is 3.47. The number of hydrogen-bond acceptors (Lipinski definition) is 4. The Hall–Kier alpha value is -1.21. The number of hydrogen-bond donors (Lipinski definition) is 0. The van der Waals surface area contributed by atoms with Gasteiger partial charge in [-0.3, -0.25) is 0 Å². The molecule has 1 aromatic carbocycles. The van der Waals surface area contributed by atoms with Crippen LogP contribution in [0.25, 0.3) is 0 Å². The highest BCUT2D eigenvalue weighted by molar-refractivity contribution is 7.91. The van der Waals surface area contributed by atoms with Crippen LogP contribution < -0.4 is 0 Å². The third-order valence-electron chi connectivity index (χ3n) is 4.47. The molecular weight excluding hydrogens is 340 g/mol. The van der Waals surface area contributed by atoms with Gasteiger partial charge >= 0.3 is 0 Å². The summed E-state index contributed by atoms with van der Waals surface area (Å²) in [6.45, 7) is 5.80. The SMILES string of the molecule is CCc1ccc(S(=O)(=O)N2CCN(CCc3ccccc3)CC2)s1. The van der Waals surface area contributed by atoms with Crippen LogP contribution >= 0.6 is 11.3 Å². The van der Waals surface area contributed by atoms with Crippen molar-refractivity contribution in [1.29, 1.82) is 0 Å². The molecule has 0 bridgehead atoms. The topological polar surface area (TPSA) is 40.6 Å². The van der Waals surface area contributed by atoms with Crippen molar-refractivity contribution in [2.45, 2.75) is 24.0 Å². The second-order valence-corrected chi connectivity index (χ2v) is 9.39. The number of nitrogens with zero attached hydrogens (tertiary/aromatic N) is 2. The first-order valence-corrected chi connectivity index (χ1v) is 10.7. The van der Waals surface area contributed by atoms with Gasteiger partial charge in [0.15, 0.2) is 0 Å². The van der Waals surface area contributed by atoms with Crippen molar-refractivity contribution in [3.63, 3.8) is 0 Å². The van der Waals surface area contributed by atoms with Crippen LogP contribution in [0.1, 0.15) is 17.4 Å². The first-order chi connectivity index (χ1) is 11.6. The molecule has 0 atom stereocenters. The Morgan fingerprint density at radius 3 is 2.33 bits per heavy atom. The first-order valence-electron chi connectivity index (χ1n) is 8.44. The Labute approximate surface area is 148 Å². The van der Waals surface area contributed by atoms with E-state index in [1.54, 1.807) is 10.4 Å². The Bertz CT molecular complexity index is 748. The summed E-state index contributed by atoms with van der Waals surface area (Å²) in [7, 11) is -3.32. The van der Waals surface area contributed by atoms with Gasteiger partial charge in [0.1, 0.15) is 4.21 Å². The van der Waals surface area contributed by atoms with Crippen molar-refractivity contribution in [2.75, 3.05) is 32.7 Å². The average molecular weight is 365 g/mol. The van der Waals surface area contributed by atoms with Gasteiger partial charge < -0.3 is 4.90 Å². The molecule has 1 aliphatic rings. The third kappa shape index (κ3) is 4.06. The normalized spacial score (nSPS) is 17.2. The van der Waals surface area contributed by atoms with Crippen LogP contribution in [0.4, 0.5) is 0 Å². The molecule has 6 heteroatoms. The van der Waals surface area contributed by atoms with E-state index in [-0.39, 0.29) is 0 Å². The van der Waals surface area contributed by atoms with Crippen LogP contribution in [0.2, 0.25) is 0 Å². The molecule has 130 valence electrons. The van der Waals surface area contributed by atoms with E-state index in [1.165, 1.54) is 16.9 Å². The molecule has 0 amide bonds. The molecule has 4 nitrogen and oxygen atoms in total. The van der Waals surface area contributed by atoms with Gasteiger partial charge in [0.25, 0.3) is 10.0 Å². The van der Waals surface area contributed by atoms with Crippen LogP contribution in [0, 0.1) is 0 Å². The van der Waals surface area contributed by atoms with Gasteiger partial charge in [-0.2, -0.15) is 4.31 Å². The largest absolute Gasteiger partial charge is 0.300 e. The number of sulfonamides is 1. The maximum absolute atomic E-state index is 12.7. The fourth-order valence-electron chi connectivity index (χ4n) is 2.94. The van der Waals surface area contributed by atoms with Gasteiger partial charge in [0.05, 0.1) is 0 Å². The van der Waals surface area contributed by atoms with Crippen molar-refractivity contribution in [3.05, 3.63) is 52.9 Å². The molecule has 0 saturated carbocycles. The molecule has 0 unspecified atom stereocenters. The van der Waals surface area contributed by atoms with Crippen molar-refractivity contribution < 1.29 is 8.42 Å². The molecule has 0 N–H and O–H groups in total. The van der Waals surface area contributed by atoms with Gasteiger partial charge in [0.2, 0.25) is 0 Å². The summed E-state index contributed by atoms with van der Waals surface area (Å²) >= 11 is 1.40. The van der Waals surface area contributed by atoms with E-state index < -0.39 is 10.0 Å². The summed E-state index contributed by atoms with van der Waals surface area (Å²) in [6.07, 6.45) is 1.89. The summed E-state index contributed by atoms with van der Waals surface area (Å²) in [5.41, 5.74) is 1.33. The first kappa shape index (κ1) is 17.6. The number of thiophene rings is 1. The second-order valence-electron chi connectivity index (χ2n) is 6.06. The zero-order valence-electron chi connectivity index (χ0n) is 14.0. The van der Waals surface area contributed by atoms with E-state index in [2.05, 4.69) is 29.2 Å². The van der Waals surface area contributed by atoms with Crippen molar-refractivity contribution in [2.24, 2.45) is 0 Å².